The first-order chi connectivity index (χ1) is 11.6. The fourth-order valence-corrected chi connectivity index (χ4v) is 3.01. The lowest BCUT2D eigenvalue weighted by molar-refractivity contribution is -0.385. The van der Waals surface area contributed by atoms with Crippen LogP contribution in [0.1, 0.15) is 12.0 Å². The second-order valence-electron chi connectivity index (χ2n) is 5.87. The molecule has 1 aromatic heterocycles. The van der Waals surface area contributed by atoms with Crippen LogP contribution < -0.4 is 4.90 Å². The van der Waals surface area contributed by atoms with E-state index in [-0.39, 0.29) is 5.69 Å². The maximum atomic E-state index is 10.7. The molecule has 1 aliphatic heterocycles. The van der Waals surface area contributed by atoms with E-state index in [4.69, 9.17) is 11.6 Å². The predicted octanol–water partition coefficient (Wildman–Crippen LogP) is 3.36. The highest BCUT2D eigenvalue weighted by molar-refractivity contribution is 6.30. The Bertz CT molecular complexity index is 691. The molecule has 1 aliphatic rings. The van der Waals surface area contributed by atoms with Crippen LogP contribution in [-0.4, -0.2) is 41.0 Å². The molecule has 0 aliphatic carbocycles. The molecule has 0 bridgehead atoms. The van der Waals surface area contributed by atoms with Crippen molar-refractivity contribution >= 4 is 23.1 Å². The van der Waals surface area contributed by atoms with E-state index in [9.17, 15) is 10.1 Å². The topological polar surface area (TPSA) is 62.5 Å². The van der Waals surface area contributed by atoms with Crippen molar-refractivity contribution in [3.8, 4) is 0 Å². The van der Waals surface area contributed by atoms with E-state index in [1.807, 2.05) is 12.1 Å². The number of pyridine rings is 1. The van der Waals surface area contributed by atoms with E-state index >= 15 is 0 Å². The molecule has 0 amide bonds. The first kappa shape index (κ1) is 16.7. The molecule has 1 aromatic carbocycles. The van der Waals surface area contributed by atoms with Gasteiger partial charge in [-0.3, -0.25) is 15.0 Å². The van der Waals surface area contributed by atoms with Gasteiger partial charge in [0.05, 0.1) is 4.92 Å². The van der Waals surface area contributed by atoms with Crippen LogP contribution in [0.3, 0.4) is 0 Å². The fourth-order valence-electron chi connectivity index (χ4n) is 2.88. The van der Waals surface area contributed by atoms with Crippen molar-refractivity contribution < 1.29 is 4.92 Å². The van der Waals surface area contributed by atoms with E-state index in [0.29, 0.717) is 0 Å². The van der Waals surface area contributed by atoms with Gasteiger partial charge in [0.1, 0.15) is 12.0 Å². The minimum Gasteiger partial charge on any atom is -0.355 e. The molecule has 6 nitrogen and oxygen atoms in total. The maximum absolute atomic E-state index is 10.7. The van der Waals surface area contributed by atoms with E-state index in [2.05, 4.69) is 26.9 Å². The Hall–Kier alpha value is -2.18. The number of anilines is 1. The molecule has 0 radical (unpaired) electrons. The first-order valence-electron chi connectivity index (χ1n) is 7.94. The van der Waals surface area contributed by atoms with Crippen LogP contribution in [0.2, 0.25) is 5.02 Å². The minimum atomic E-state index is -0.424. The number of nitrogens with zero attached hydrogens (tertiary/aromatic N) is 4. The van der Waals surface area contributed by atoms with Crippen molar-refractivity contribution in [2.75, 3.05) is 31.1 Å². The van der Waals surface area contributed by atoms with Crippen LogP contribution in [-0.2, 0) is 6.54 Å². The van der Waals surface area contributed by atoms with Crippen molar-refractivity contribution in [3.63, 3.8) is 0 Å². The van der Waals surface area contributed by atoms with Gasteiger partial charge >= 0.3 is 0 Å². The van der Waals surface area contributed by atoms with Gasteiger partial charge in [-0.25, -0.2) is 4.98 Å². The van der Waals surface area contributed by atoms with Crippen LogP contribution >= 0.6 is 11.6 Å². The number of hydrogen-bond donors (Lipinski definition) is 0. The molecule has 2 aromatic rings. The SMILES string of the molecule is O=[N+]([O-])c1ccc(N2CCCN(Cc3ccc(Cl)cc3)CC2)nc1. The van der Waals surface area contributed by atoms with Gasteiger partial charge in [-0.2, -0.15) is 0 Å². The molecule has 126 valence electrons. The van der Waals surface area contributed by atoms with Gasteiger partial charge in [-0.15, -0.1) is 0 Å². The Kier molecular flexibility index (Phi) is 5.27. The zero-order valence-corrected chi connectivity index (χ0v) is 14.0. The summed E-state index contributed by atoms with van der Waals surface area (Å²) in [6.45, 7) is 4.62. The zero-order chi connectivity index (χ0) is 16.9. The number of benzene rings is 1. The van der Waals surface area contributed by atoms with Gasteiger partial charge in [0.2, 0.25) is 0 Å². The second-order valence-corrected chi connectivity index (χ2v) is 6.31. The van der Waals surface area contributed by atoms with Gasteiger partial charge in [-0.1, -0.05) is 23.7 Å². The quantitative estimate of drug-likeness (QED) is 0.627. The summed E-state index contributed by atoms with van der Waals surface area (Å²) in [6, 6.07) is 11.2. The summed E-state index contributed by atoms with van der Waals surface area (Å²) >= 11 is 5.93. The molecule has 7 heteroatoms. The monoisotopic (exact) mass is 346 g/mol. The van der Waals surface area contributed by atoms with Crippen LogP contribution in [0.4, 0.5) is 11.5 Å². The zero-order valence-electron chi connectivity index (χ0n) is 13.3. The predicted molar refractivity (Wildman–Crippen MR) is 94.5 cm³/mol. The summed E-state index contributed by atoms with van der Waals surface area (Å²) in [5, 5.41) is 11.5. The van der Waals surface area contributed by atoms with E-state index in [1.54, 1.807) is 6.07 Å². The highest BCUT2D eigenvalue weighted by Crippen LogP contribution is 2.18. The standard InChI is InChI=1S/C17H19ClN4O2/c18-15-4-2-14(3-5-15)13-20-8-1-9-21(11-10-20)17-7-6-16(12-19-17)22(23)24/h2-7,12H,1,8-11,13H2. The summed E-state index contributed by atoms with van der Waals surface area (Å²) in [5.74, 6) is 0.800. The van der Waals surface area contributed by atoms with Crippen LogP contribution in [0, 0.1) is 10.1 Å². The average Bonchev–Trinajstić information content (AvgIpc) is 2.83. The molecule has 0 unspecified atom stereocenters. The molecular weight excluding hydrogens is 328 g/mol. The molecule has 24 heavy (non-hydrogen) atoms. The number of halogens is 1. The van der Waals surface area contributed by atoms with Gasteiger partial charge in [0.25, 0.3) is 5.69 Å². The molecule has 0 saturated carbocycles. The molecule has 1 fully saturated rings. The highest BCUT2D eigenvalue weighted by atomic mass is 35.5. The average molecular weight is 347 g/mol. The maximum Gasteiger partial charge on any atom is 0.287 e. The molecular formula is C17H19ClN4O2. The first-order valence-corrected chi connectivity index (χ1v) is 8.32. The largest absolute Gasteiger partial charge is 0.355 e. The third-order valence-electron chi connectivity index (χ3n) is 4.18. The summed E-state index contributed by atoms with van der Waals surface area (Å²) in [7, 11) is 0. The van der Waals surface area contributed by atoms with E-state index < -0.39 is 4.92 Å². The Morgan fingerprint density at radius 2 is 1.88 bits per heavy atom. The molecule has 0 atom stereocenters. The Balaban J connectivity index is 1.60. The number of nitro groups is 1. The van der Waals surface area contributed by atoms with Gasteiger partial charge < -0.3 is 4.90 Å². The van der Waals surface area contributed by atoms with E-state index in [1.165, 1.54) is 17.8 Å². The summed E-state index contributed by atoms with van der Waals surface area (Å²) in [4.78, 5) is 19.1. The fraction of sp³-hybridized carbons (Fsp3) is 0.353. The van der Waals surface area contributed by atoms with Gasteiger partial charge in [-0.05, 0) is 30.2 Å². The Morgan fingerprint density at radius 3 is 2.54 bits per heavy atom. The highest BCUT2D eigenvalue weighted by Gasteiger charge is 2.17. The third kappa shape index (κ3) is 4.21. The Labute approximate surface area is 145 Å². The van der Waals surface area contributed by atoms with Crippen LogP contribution in [0.5, 0.6) is 0 Å². The van der Waals surface area contributed by atoms with Crippen molar-refractivity contribution in [2.45, 2.75) is 13.0 Å². The lowest BCUT2D eigenvalue weighted by Gasteiger charge is -2.22. The molecule has 3 rings (SSSR count). The summed E-state index contributed by atoms with van der Waals surface area (Å²) in [6.07, 6.45) is 2.36. The van der Waals surface area contributed by atoms with Crippen molar-refractivity contribution in [2.24, 2.45) is 0 Å². The van der Waals surface area contributed by atoms with Crippen molar-refractivity contribution in [1.82, 2.24) is 9.88 Å². The number of hydrogen-bond acceptors (Lipinski definition) is 5. The summed E-state index contributed by atoms with van der Waals surface area (Å²) < 4.78 is 0. The van der Waals surface area contributed by atoms with Gasteiger partial charge in [0.15, 0.2) is 0 Å². The molecule has 0 spiro atoms. The van der Waals surface area contributed by atoms with E-state index in [0.717, 1.165) is 50.0 Å². The third-order valence-corrected chi connectivity index (χ3v) is 4.43. The number of rotatable bonds is 4. The second kappa shape index (κ2) is 7.59. The lowest BCUT2D eigenvalue weighted by atomic mass is 10.2. The normalized spacial score (nSPS) is 16.0. The van der Waals surface area contributed by atoms with Crippen LogP contribution in [0.25, 0.3) is 0 Å². The summed E-state index contributed by atoms with van der Waals surface area (Å²) in [5.41, 5.74) is 1.28. The minimum absolute atomic E-state index is 0.0259. The number of aromatic nitrogens is 1. The Morgan fingerprint density at radius 1 is 1.08 bits per heavy atom. The van der Waals surface area contributed by atoms with Crippen LogP contribution in [0.15, 0.2) is 42.6 Å². The van der Waals surface area contributed by atoms with Gasteiger partial charge in [0, 0.05) is 43.8 Å². The smallest absolute Gasteiger partial charge is 0.287 e. The van der Waals surface area contributed by atoms with Crippen molar-refractivity contribution in [3.05, 3.63) is 63.3 Å². The van der Waals surface area contributed by atoms with Crippen molar-refractivity contribution in [1.29, 1.82) is 0 Å². The lowest BCUT2D eigenvalue weighted by Crippen LogP contribution is -2.30. The molecule has 1 saturated heterocycles. The molecule has 2 heterocycles. The molecule has 0 N–H and O–H groups in total.